The largest absolute Gasteiger partial charge is 0.454 e. The maximum absolute atomic E-state index is 13.8. The van der Waals surface area contributed by atoms with Gasteiger partial charge in [-0.3, -0.25) is 0 Å². The molecule has 0 N–H and O–H groups in total. The van der Waals surface area contributed by atoms with E-state index < -0.39 is 11.7 Å². The van der Waals surface area contributed by atoms with E-state index in [1.54, 1.807) is 0 Å². The Balaban J connectivity index is 1.27. The van der Waals surface area contributed by atoms with Crippen molar-refractivity contribution in [1.29, 1.82) is 0 Å². The van der Waals surface area contributed by atoms with E-state index in [0.717, 1.165) is 72.7 Å². The summed E-state index contributed by atoms with van der Waals surface area (Å²) in [5, 5.41) is 4.00. The van der Waals surface area contributed by atoms with Crippen molar-refractivity contribution in [2.75, 3.05) is 0 Å². The average Bonchev–Trinajstić information content (AvgIpc) is 3.77. The fraction of sp³-hybridized carbons (Fsp3) is 0.0217. The minimum atomic E-state index is -4.48. The Morgan fingerprint density at radius 3 is 1.69 bits per heavy atom. The number of halogens is 3. The zero-order chi connectivity index (χ0) is 36.4. The molecule has 0 saturated carbocycles. The molecule has 0 radical (unpaired) electrons. The van der Waals surface area contributed by atoms with Crippen molar-refractivity contribution < 1.29 is 17.6 Å². The van der Waals surface area contributed by atoms with Gasteiger partial charge >= 0.3 is 6.18 Å². The van der Waals surface area contributed by atoms with Crippen LogP contribution in [0.5, 0.6) is 0 Å². The van der Waals surface area contributed by atoms with Gasteiger partial charge in [-0.25, -0.2) is 15.0 Å². The monoisotopic (exact) mass is 708 g/mol. The van der Waals surface area contributed by atoms with Gasteiger partial charge in [-0.05, 0) is 54.1 Å². The molecule has 54 heavy (non-hydrogen) atoms. The summed E-state index contributed by atoms with van der Waals surface area (Å²) in [4.78, 5) is 14.7. The predicted molar refractivity (Wildman–Crippen MR) is 208 cm³/mol. The minimum absolute atomic E-state index is 0.435. The number of para-hydroxylation sites is 2. The molecule has 0 bridgehead atoms. The number of rotatable bonds is 5. The molecule has 0 amide bonds. The molecule has 0 spiro atoms. The normalized spacial score (nSPS) is 12.0. The second kappa shape index (κ2) is 12.3. The van der Waals surface area contributed by atoms with Crippen LogP contribution in [0.1, 0.15) is 5.56 Å². The maximum Gasteiger partial charge on any atom is 0.416 e. The number of benzene rings is 7. The third kappa shape index (κ3) is 5.22. The molecule has 10 aromatic rings. The summed E-state index contributed by atoms with van der Waals surface area (Å²) >= 11 is 0. The van der Waals surface area contributed by atoms with E-state index in [0.29, 0.717) is 34.2 Å². The number of nitrogens with zero attached hydrogens (tertiary/aromatic N) is 4. The molecule has 5 nitrogen and oxygen atoms in total. The lowest BCUT2D eigenvalue weighted by atomic mass is 9.98. The molecule has 10 rings (SSSR count). The first-order valence-electron chi connectivity index (χ1n) is 17.4. The third-order valence-electron chi connectivity index (χ3n) is 9.90. The van der Waals surface area contributed by atoms with Gasteiger partial charge in [-0.2, -0.15) is 13.2 Å². The Kier molecular flexibility index (Phi) is 7.20. The standard InChI is InChI=1S/C46H27F3N4O/c47-46(48,49)32-22-19-28(20-23-32)37-27-31(45-51-43(29-11-3-1-4-12-29)50-44(52-45)30-13-5-2-6-14-30)21-26-39(37)53-38-17-9-7-15-33(38)35-24-25-36-34-16-8-10-18-40(34)54-42(36)41(35)53/h1-27H. The van der Waals surface area contributed by atoms with Gasteiger partial charge in [0.25, 0.3) is 0 Å². The quantitative estimate of drug-likeness (QED) is 0.179. The molecule has 258 valence electrons. The SMILES string of the molecule is FC(F)(F)c1ccc(-c2cc(-c3nc(-c4ccccc4)nc(-c4ccccc4)n3)ccc2-n2c3ccccc3c3ccc4c5ccccc5oc4c32)cc1. The highest BCUT2D eigenvalue weighted by atomic mass is 19.4. The highest BCUT2D eigenvalue weighted by Gasteiger charge is 2.30. The van der Waals surface area contributed by atoms with Crippen LogP contribution in [-0.2, 0) is 6.18 Å². The first kappa shape index (κ1) is 31.7. The number of hydrogen-bond acceptors (Lipinski definition) is 4. The molecule has 0 fully saturated rings. The first-order chi connectivity index (χ1) is 26.4. The van der Waals surface area contributed by atoms with Crippen LogP contribution in [0.2, 0.25) is 0 Å². The van der Waals surface area contributed by atoms with E-state index in [9.17, 15) is 13.2 Å². The van der Waals surface area contributed by atoms with E-state index in [1.165, 1.54) is 12.1 Å². The van der Waals surface area contributed by atoms with Gasteiger partial charge in [0.15, 0.2) is 23.1 Å². The predicted octanol–water partition coefficient (Wildman–Crippen LogP) is 12.6. The van der Waals surface area contributed by atoms with Crippen LogP contribution < -0.4 is 0 Å². The van der Waals surface area contributed by atoms with Crippen LogP contribution in [0.25, 0.3) is 94.7 Å². The lowest BCUT2D eigenvalue weighted by molar-refractivity contribution is -0.137. The van der Waals surface area contributed by atoms with Crippen molar-refractivity contribution in [2.45, 2.75) is 6.18 Å². The highest BCUT2D eigenvalue weighted by Crippen LogP contribution is 2.43. The number of hydrogen-bond donors (Lipinski definition) is 0. The van der Waals surface area contributed by atoms with Crippen LogP contribution in [0.3, 0.4) is 0 Å². The number of fused-ring (bicyclic) bond motifs is 7. The Bertz CT molecular complexity index is 2970. The van der Waals surface area contributed by atoms with E-state index in [2.05, 4.69) is 28.8 Å². The lowest BCUT2D eigenvalue weighted by Crippen LogP contribution is -2.04. The second-order valence-electron chi connectivity index (χ2n) is 13.1. The van der Waals surface area contributed by atoms with Gasteiger partial charge in [0, 0.05) is 43.8 Å². The Hall–Kier alpha value is -7.06. The third-order valence-corrected chi connectivity index (χ3v) is 9.90. The van der Waals surface area contributed by atoms with Gasteiger partial charge in [0.2, 0.25) is 0 Å². The van der Waals surface area contributed by atoms with Crippen molar-refractivity contribution >= 4 is 43.7 Å². The van der Waals surface area contributed by atoms with Crippen LogP contribution in [0, 0.1) is 0 Å². The summed E-state index contributed by atoms with van der Waals surface area (Å²) in [5.74, 6) is 1.45. The van der Waals surface area contributed by atoms with Crippen molar-refractivity contribution in [1.82, 2.24) is 19.5 Å². The molecule has 8 heteroatoms. The van der Waals surface area contributed by atoms with Crippen LogP contribution in [0.15, 0.2) is 168 Å². The lowest BCUT2D eigenvalue weighted by Gasteiger charge is -2.17. The number of furan rings is 1. The van der Waals surface area contributed by atoms with E-state index >= 15 is 0 Å². The Morgan fingerprint density at radius 2 is 1.02 bits per heavy atom. The van der Waals surface area contributed by atoms with Crippen molar-refractivity contribution in [3.8, 4) is 51.0 Å². The molecule has 0 unspecified atom stereocenters. The van der Waals surface area contributed by atoms with Gasteiger partial charge in [-0.15, -0.1) is 0 Å². The summed E-state index contributed by atoms with van der Waals surface area (Å²) in [6.45, 7) is 0. The molecule has 0 saturated heterocycles. The van der Waals surface area contributed by atoms with Gasteiger partial charge < -0.3 is 8.98 Å². The summed E-state index contributed by atoms with van der Waals surface area (Å²) in [6, 6.07) is 50.9. The molecular weight excluding hydrogens is 682 g/mol. The molecule has 3 heterocycles. The number of alkyl halides is 3. The van der Waals surface area contributed by atoms with Crippen LogP contribution in [0.4, 0.5) is 13.2 Å². The summed E-state index contributed by atoms with van der Waals surface area (Å²) in [7, 11) is 0. The summed E-state index contributed by atoms with van der Waals surface area (Å²) in [6.07, 6.45) is -4.48. The molecule has 0 aliphatic heterocycles. The van der Waals surface area contributed by atoms with Crippen LogP contribution in [-0.4, -0.2) is 19.5 Å². The fourth-order valence-electron chi connectivity index (χ4n) is 7.36. The highest BCUT2D eigenvalue weighted by molar-refractivity contribution is 6.21. The molecular formula is C46H27F3N4O. The Labute approximate surface area is 306 Å². The zero-order valence-corrected chi connectivity index (χ0v) is 28.4. The van der Waals surface area contributed by atoms with Crippen molar-refractivity contribution in [2.24, 2.45) is 0 Å². The molecule has 3 aromatic heterocycles. The number of aromatic nitrogens is 4. The molecule has 7 aromatic carbocycles. The van der Waals surface area contributed by atoms with Gasteiger partial charge in [0.05, 0.1) is 22.3 Å². The van der Waals surface area contributed by atoms with Crippen molar-refractivity contribution in [3.63, 3.8) is 0 Å². The first-order valence-corrected chi connectivity index (χ1v) is 17.4. The maximum atomic E-state index is 13.8. The molecule has 0 atom stereocenters. The van der Waals surface area contributed by atoms with Gasteiger partial charge in [0.1, 0.15) is 5.58 Å². The van der Waals surface area contributed by atoms with E-state index in [-0.39, 0.29) is 0 Å². The molecule has 0 aliphatic rings. The average molecular weight is 709 g/mol. The van der Waals surface area contributed by atoms with Crippen LogP contribution >= 0.6 is 0 Å². The fourth-order valence-corrected chi connectivity index (χ4v) is 7.36. The topological polar surface area (TPSA) is 56.7 Å². The van der Waals surface area contributed by atoms with Gasteiger partial charge in [-0.1, -0.05) is 115 Å². The Morgan fingerprint density at radius 1 is 0.463 bits per heavy atom. The summed E-state index contributed by atoms with van der Waals surface area (Å²) < 4.78 is 50.2. The summed E-state index contributed by atoms with van der Waals surface area (Å²) in [5.41, 5.74) is 6.97. The minimum Gasteiger partial charge on any atom is -0.454 e. The second-order valence-corrected chi connectivity index (χ2v) is 13.1. The zero-order valence-electron chi connectivity index (χ0n) is 28.4. The van der Waals surface area contributed by atoms with E-state index in [4.69, 9.17) is 19.4 Å². The smallest absolute Gasteiger partial charge is 0.416 e. The van der Waals surface area contributed by atoms with E-state index in [1.807, 2.05) is 115 Å². The van der Waals surface area contributed by atoms with Crippen molar-refractivity contribution in [3.05, 3.63) is 169 Å². The molecule has 0 aliphatic carbocycles.